The molecule has 0 amide bonds. The molecular weight excluding hydrogens is 388 g/mol. The maximum Gasteiger partial charge on any atom is 0.322 e. The van der Waals surface area contributed by atoms with Crippen LogP contribution in [-0.2, 0) is 22.4 Å². The first-order chi connectivity index (χ1) is 13.4. The number of rotatable bonds is 7. The van der Waals surface area contributed by atoms with Crippen molar-refractivity contribution in [2.75, 3.05) is 6.61 Å². The highest BCUT2D eigenvalue weighted by Gasteiger charge is 2.33. The first kappa shape index (κ1) is 20.8. The van der Waals surface area contributed by atoms with E-state index in [1.165, 1.54) is 33.3 Å². The fourth-order valence-electron chi connectivity index (χ4n) is 3.08. The van der Waals surface area contributed by atoms with Gasteiger partial charge in [0.05, 0.1) is 12.0 Å². The SMILES string of the molecule is CCOC(=O)C(C)(C)Sc1ncnc2sc(CC)c(-c3ccc(CC)cc3)c12. The van der Waals surface area contributed by atoms with Crippen LogP contribution in [0.25, 0.3) is 21.3 Å². The van der Waals surface area contributed by atoms with Gasteiger partial charge in [-0.1, -0.05) is 49.9 Å². The number of aryl methyl sites for hydroxylation is 2. The summed E-state index contributed by atoms with van der Waals surface area (Å²) in [7, 11) is 0. The molecule has 1 aromatic carbocycles. The highest BCUT2D eigenvalue weighted by molar-refractivity contribution is 8.01. The number of nitrogens with zero attached hydrogens (tertiary/aromatic N) is 2. The Morgan fingerprint density at radius 2 is 1.82 bits per heavy atom. The minimum absolute atomic E-state index is 0.230. The van der Waals surface area contributed by atoms with Gasteiger partial charge in [-0.05, 0) is 44.7 Å². The van der Waals surface area contributed by atoms with E-state index in [4.69, 9.17) is 4.74 Å². The Hall–Kier alpha value is -1.92. The molecule has 3 aromatic rings. The van der Waals surface area contributed by atoms with Gasteiger partial charge >= 0.3 is 5.97 Å². The van der Waals surface area contributed by atoms with Gasteiger partial charge < -0.3 is 4.74 Å². The number of hydrogen-bond acceptors (Lipinski definition) is 6. The first-order valence-electron chi connectivity index (χ1n) is 9.63. The Balaban J connectivity index is 2.14. The molecular formula is C22H26N2O2S2. The lowest BCUT2D eigenvalue weighted by Gasteiger charge is -2.21. The minimum atomic E-state index is -0.727. The van der Waals surface area contributed by atoms with Gasteiger partial charge in [-0.25, -0.2) is 9.97 Å². The van der Waals surface area contributed by atoms with Crippen molar-refractivity contribution in [2.24, 2.45) is 0 Å². The number of carbonyl (C=O) groups is 1. The van der Waals surface area contributed by atoms with Gasteiger partial charge in [-0.3, -0.25) is 4.79 Å². The summed E-state index contributed by atoms with van der Waals surface area (Å²) in [5, 5.41) is 1.87. The van der Waals surface area contributed by atoms with Crippen LogP contribution in [0.4, 0.5) is 0 Å². The molecule has 6 heteroatoms. The molecule has 0 bridgehead atoms. The second kappa shape index (κ2) is 8.62. The molecule has 0 unspecified atom stereocenters. The van der Waals surface area contributed by atoms with Gasteiger partial charge in [0.15, 0.2) is 0 Å². The quantitative estimate of drug-likeness (QED) is 0.273. The molecule has 2 heterocycles. The number of fused-ring (bicyclic) bond motifs is 1. The number of benzene rings is 1. The standard InChI is InChI=1S/C22H26N2O2S2/c1-6-14-9-11-15(12-10-14)17-16(7-2)27-19-18(17)20(24-13-23-19)28-22(4,5)21(25)26-8-3/h9-13H,6-8H2,1-5H3. The largest absolute Gasteiger partial charge is 0.465 e. The number of hydrogen-bond donors (Lipinski definition) is 0. The summed E-state index contributed by atoms with van der Waals surface area (Å²) >= 11 is 3.15. The second-order valence-electron chi connectivity index (χ2n) is 7.00. The summed E-state index contributed by atoms with van der Waals surface area (Å²) in [5.74, 6) is -0.230. The molecule has 0 radical (unpaired) electrons. The third-order valence-electron chi connectivity index (χ3n) is 4.62. The van der Waals surface area contributed by atoms with Crippen LogP contribution in [0.3, 0.4) is 0 Å². The molecule has 0 N–H and O–H groups in total. The Morgan fingerprint density at radius 3 is 2.43 bits per heavy atom. The number of thiophene rings is 1. The fourth-order valence-corrected chi connectivity index (χ4v) is 5.27. The number of thioether (sulfide) groups is 1. The van der Waals surface area contributed by atoms with E-state index in [0.717, 1.165) is 28.1 Å². The number of carbonyl (C=O) groups excluding carboxylic acids is 1. The Morgan fingerprint density at radius 1 is 1.11 bits per heavy atom. The third-order valence-corrected chi connectivity index (χ3v) is 7.04. The first-order valence-corrected chi connectivity index (χ1v) is 11.3. The van der Waals surface area contributed by atoms with E-state index in [0.29, 0.717) is 6.61 Å². The van der Waals surface area contributed by atoms with Crippen LogP contribution < -0.4 is 0 Å². The fraction of sp³-hybridized carbons (Fsp3) is 0.409. The van der Waals surface area contributed by atoms with Gasteiger partial charge in [0.2, 0.25) is 0 Å². The van der Waals surface area contributed by atoms with Gasteiger partial charge in [0.1, 0.15) is 20.9 Å². The van der Waals surface area contributed by atoms with Gasteiger partial charge in [-0.2, -0.15) is 0 Å². The van der Waals surface area contributed by atoms with Crippen molar-refractivity contribution < 1.29 is 9.53 Å². The maximum atomic E-state index is 12.4. The smallest absolute Gasteiger partial charge is 0.322 e. The lowest BCUT2D eigenvalue weighted by molar-refractivity contribution is -0.145. The van der Waals surface area contributed by atoms with E-state index in [-0.39, 0.29) is 5.97 Å². The minimum Gasteiger partial charge on any atom is -0.465 e. The number of aromatic nitrogens is 2. The summed E-state index contributed by atoms with van der Waals surface area (Å²) < 4.78 is 4.53. The lowest BCUT2D eigenvalue weighted by atomic mass is 10.0. The Kier molecular flexibility index (Phi) is 6.40. The van der Waals surface area contributed by atoms with E-state index < -0.39 is 4.75 Å². The molecule has 0 fully saturated rings. The van der Waals surface area contributed by atoms with Crippen molar-refractivity contribution >= 4 is 39.3 Å². The van der Waals surface area contributed by atoms with E-state index in [2.05, 4.69) is 48.1 Å². The normalized spacial score (nSPS) is 11.8. The predicted octanol–water partition coefficient (Wildman–Crippen LogP) is 5.92. The van der Waals surface area contributed by atoms with Crippen LogP contribution in [-0.4, -0.2) is 27.3 Å². The van der Waals surface area contributed by atoms with E-state index in [9.17, 15) is 4.79 Å². The van der Waals surface area contributed by atoms with Crippen LogP contribution in [0.5, 0.6) is 0 Å². The number of ether oxygens (including phenoxy) is 1. The average Bonchev–Trinajstić information content (AvgIpc) is 3.07. The zero-order valence-corrected chi connectivity index (χ0v) is 18.7. The average molecular weight is 415 g/mol. The summed E-state index contributed by atoms with van der Waals surface area (Å²) in [6.45, 7) is 10.3. The van der Waals surface area contributed by atoms with Crippen molar-refractivity contribution in [2.45, 2.75) is 57.2 Å². The van der Waals surface area contributed by atoms with E-state index >= 15 is 0 Å². The Labute approximate surface area is 174 Å². The molecule has 0 aliphatic carbocycles. The van der Waals surface area contributed by atoms with Crippen molar-refractivity contribution in [1.29, 1.82) is 0 Å². The van der Waals surface area contributed by atoms with Crippen LogP contribution in [0, 0.1) is 0 Å². The van der Waals surface area contributed by atoms with E-state index in [1.807, 2.05) is 20.8 Å². The zero-order chi connectivity index (χ0) is 20.3. The molecule has 0 spiro atoms. The van der Waals surface area contributed by atoms with Crippen molar-refractivity contribution in [3.05, 3.63) is 41.0 Å². The maximum absolute atomic E-state index is 12.4. The summed E-state index contributed by atoms with van der Waals surface area (Å²) in [6.07, 6.45) is 3.53. The topological polar surface area (TPSA) is 52.1 Å². The summed E-state index contributed by atoms with van der Waals surface area (Å²) in [4.78, 5) is 23.7. The molecule has 0 atom stereocenters. The third kappa shape index (κ3) is 4.08. The van der Waals surface area contributed by atoms with Crippen LogP contribution in [0.15, 0.2) is 35.6 Å². The van der Waals surface area contributed by atoms with Crippen LogP contribution in [0.2, 0.25) is 0 Å². The van der Waals surface area contributed by atoms with Crippen LogP contribution in [0.1, 0.15) is 45.1 Å². The molecule has 0 aliphatic rings. The van der Waals surface area contributed by atoms with Crippen LogP contribution >= 0.6 is 23.1 Å². The molecule has 2 aromatic heterocycles. The number of esters is 1. The summed E-state index contributed by atoms with van der Waals surface area (Å²) in [6, 6.07) is 8.71. The molecule has 0 aliphatic heterocycles. The Bertz CT molecular complexity index is 978. The molecule has 0 saturated carbocycles. The van der Waals surface area contributed by atoms with E-state index in [1.54, 1.807) is 17.7 Å². The highest BCUT2D eigenvalue weighted by atomic mass is 32.2. The summed E-state index contributed by atoms with van der Waals surface area (Å²) in [5.41, 5.74) is 3.68. The lowest BCUT2D eigenvalue weighted by Crippen LogP contribution is -2.30. The molecule has 148 valence electrons. The predicted molar refractivity (Wildman–Crippen MR) is 118 cm³/mol. The van der Waals surface area contributed by atoms with Crippen molar-refractivity contribution in [1.82, 2.24) is 9.97 Å². The highest BCUT2D eigenvalue weighted by Crippen LogP contribution is 2.44. The molecule has 28 heavy (non-hydrogen) atoms. The molecule has 3 rings (SSSR count). The molecule has 4 nitrogen and oxygen atoms in total. The van der Waals surface area contributed by atoms with Gasteiger partial charge in [0.25, 0.3) is 0 Å². The van der Waals surface area contributed by atoms with Gasteiger partial charge in [0, 0.05) is 10.4 Å². The van der Waals surface area contributed by atoms with Crippen molar-refractivity contribution in [3.8, 4) is 11.1 Å². The second-order valence-corrected chi connectivity index (χ2v) is 9.69. The zero-order valence-electron chi connectivity index (χ0n) is 17.0. The monoisotopic (exact) mass is 414 g/mol. The van der Waals surface area contributed by atoms with Gasteiger partial charge in [-0.15, -0.1) is 11.3 Å². The van der Waals surface area contributed by atoms with Crippen molar-refractivity contribution in [3.63, 3.8) is 0 Å². The molecule has 0 saturated heterocycles.